The molecule has 0 spiro atoms. The third kappa shape index (κ3) is 3.78. The Balaban J connectivity index is 2.78. The van der Waals surface area contributed by atoms with Gasteiger partial charge in [0.1, 0.15) is 0 Å². The zero-order valence-electron chi connectivity index (χ0n) is 10.4. The Morgan fingerprint density at radius 3 is 2.31 bits per heavy atom. The van der Waals surface area contributed by atoms with Crippen molar-refractivity contribution in [3.63, 3.8) is 0 Å². The van der Waals surface area contributed by atoms with Gasteiger partial charge in [-0.3, -0.25) is 0 Å². The summed E-state index contributed by atoms with van der Waals surface area (Å²) in [6.45, 7) is 4.18. The number of nitrogens with one attached hydrogen (secondary N) is 1. The molecular weight excluding hydrogens is 222 g/mol. The van der Waals surface area contributed by atoms with Crippen LogP contribution in [0.25, 0.3) is 0 Å². The second-order valence-electron chi connectivity index (χ2n) is 4.56. The molecule has 1 N–H and O–H groups in total. The van der Waals surface area contributed by atoms with E-state index in [1.807, 2.05) is 19.2 Å². The van der Waals surface area contributed by atoms with E-state index in [1.165, 1.54) is 5.56 Å². The predicted molar refractivity (Wildman–Crippen MR) is 69.0 cm³/mol. The van der Waals surface area contributed by atoms with Crippen LogP contribution < -0.4 is 5.32 Å². The van der Waals surface area contributed by atoms with Crippen LogP contribution in [0.5, 0.6) is 0 Å². The van der Waals surface area contributed by atoms with Crippen LogP contribution in [0.15, 0.2) is 24.3 Å². The van der Waals surface area contributed by atoms with Crippen molar-refractivity contribution in [2.45, 2.75) is 31.9 Å². The van der Waals surface area contributed by atoms with Gasteiger partial charge in [-0.15, -0.1) is 0 Å². The molecule has 1 aromatic carbocycles. The minimum Gasteiger partial charge on any atom is -0.379 e. The molecule has 0 fully saturated rings. The summed E-state index contributed by atoms with van der Waals surface area (Å²) in [4.78, 5) is 0. The summed E-state index contributed by atoms with van der Waals surface area (Å²) < 4.78 is 5.45. The minimum atomic E-state index is -0.132. The Bertz CT molecular complexity index is 321. The number of halogens is 1. The number of methoxy groups -OCH3 is 1. The fraction of sp³-hybridized carbons (Fsp3) is 0.538. The van der Waals surface area contributed by atoms with Gasteiger partial charge in [0.2, 0.25) is 0 Å². The van der Waals surface area contributed by atoms with Gasteiger partial charge in [-0.2, -0.15) is 0 Å². The summed E-state index contributed by atoms with van der Waals surface area (Å²) in [7, 11) is 3.71. The summed E-state index contributed by atoms with van der Waals surface area (Å²) in [5.74, 6) is 0. The van der Waals surface area contributed by atoms with E-state index in [-0.39, 0.29) is 11.6 Å². The van der Waals surface area contributed by atoms with E-state index in [4.69, 9.17) is 16.3 Å². The molecule has 1 unspecified atom stereocenters. The molecule has 0 saturated carbocycles. The Labute approximate surface area is 103 Å². The molecular formula is C13H20ClNO. The molecule has 0 radical (unpaired) electrons. The van der Waals surface area contributed by atoms with Crippen LogP contribution >= 0.6 is 11.6 Å². The first-order chi connectivity index (χ1) is 7.48. The quantitative estimate of drug-likeness (QED) is 0.853. The van der Waals surface area contributed by atoms with Crippen LogP contribution in [-0.4, -0.2) is 19.8 Å². The average Bonchev–Trinajstić information content (AvgIpc) is 2.27. The monoisotopic (exact) mass is 241 g/mol. The Morgan fingerprint density at radius 2 is 1.88 bits per heavy atom. The van der Waals surface area contributed by atoms with Crippen LogP contribution in [0.3, 0.4) is 0 Å². The van der Waals surface area contributed by atoms with Crippen LogP contribution in [-0.2, 0) is 4.74 Å². The van der Waals surface area contributed by atoms with Gasteiger partial charge < -0.3 is 10.1 Å². The van der Waals surface area contributed by atoms with E-state index in [2.05, 4.69) is 31.3 Å². The highest BCUT2D eigenvalue weighted by atomic mass is 35.5. The van der Waals surface area contributed by atoms with Gasteiger partial charge in [-0.25, -0.2) is 0 Å². The first kappa shape index (κ1) is 13.5. The molecule has 90 valence electrons. The second-order valence-corrected chi connectivity index (χ2v) is 5.00. The van der Waals surface area contributed by atoms with Crippen LogP contribution in [0.4, 0.5) is 0 Å². The molecule has 1 aromatic rings. The molecule has 0 aromatic heterocycles. The van der Waals surface area contributed by atoms with Gasteiger partial charge in [-0.05, 0) is 45.0 Å². The minimum absolute atomic E-state index is 0.132. The summed E-state index contributed by atoms with van der Waals surface area (Å²) >= 11 is 5.87. The number of ether oxygens (including phenoxy) is 1. The fourth-order valence-corrected chi connectivity index (χ4v) is 1.78. The van der Waals surface area contributed by atoms with Crippen LogP contribution in [0.2, 0.25) is 5.02 Å². The number of rotatable bonds is 5. The molecule has 3 heteroatoms. The summed E-state index contributed by atoms with van der Waals surface area (Å²) in [5, 5.41) is 4.07. The smallest absolute Gasteiger partial charge is 0.0640 e. The zero-order chi connectivity index (χ0) is 12.2. The standard InChI is InChI=1S/C13H20ClNO/c1-13(2,16-4)9-12(15-3)10-5-7-11(14)8-6-10/h5-8,12,15H,9H2,1-4H3. The molecule has 0 saturated heterocycles. The normalized spacial score (nSPS) is 13.8. The third-order valence-electron chi connectivity index (χ3n) is 2.87. The van der Waals surface area contributed by atoms with Crippen molar-refractivity contribution in [1.82, 2.24) is 5.32 Å². The number of hydrogen-bond donors (Lipinski definition) is 1. The highest BCUT2D eigenvalue weighted by molar-refractivity contribution is 6.30. The van der Waals surface area contributed by atoms with Crippen molar-refractivity contribution in [3.05, 3.63) is 34.9 Å². The van der Waals surface area contributed by atoms with E-state index in [1.54, 1.807) is 7.11 Å². The number of benzene rings is 1. The average molecular weight is 242 g/mol. The Kier molecular flexibility index (Phi) is 4.78. The van der Waals surface area contributed by atoms with Crippen molar-refractivity contribution in [2.75, 3.05) is 14.2 Å². The summed E-state index contributed by atoms with van der Waals surface area (Å²) in [6.07, 6.45) is 0.918. The second kappa shape index (κ2) is 5.67. The van der Waals surface area contributed by atoms with E-state index in [9.17, 15) is 0 Å². The van der Waals surface area contributed by atoms with E-state index >= 15 is 0 Å². The molecule has 0 aliphatic heterocycles. The molecule has 0 bridgehead atoms. The predicted octanol–water partition coefficient (Wildman–Crippen LogP) is 3.42. The van der Waals surface area contributed by atoms with Crippen molar-refractivity contribution in [1.29, 1.82) is 0 Å². The van der Waals surface area contributed by atoms with Gasteiger partial charge in [0.25, 0.3) is 0 Å². The highest BCUT2D eigenvalue weighted by Crippen LogP contribution is 2.26. The molecule has 1 atom stereocenters. The highest BCUT2D eigenvalue weighted by Gasteiger charge is 2.22. The van der Waals surface area contributed by atoms with Crippen molar-refractivity contribution >= 4 is 11.6 Å². The maximum absolute atomic E-state index is 5.87. The summed E-state index contributed by atoms with van der Waals surface area (Å²) in [6, 6.07) is 8.22. The molecule has 2 nitrogen and oxygen atoms in total. The van der Waals surface area contributed by atoms with E-state index in [0.717, 1.165) is 11.4 Å². The maximum Gasteiger partial charge on any atom is 0.0640 e. The lowest BCUT2D eigenvalue weighted by Gasteiger charge is -2.28. The van der Waals surface area contributed by atoms with Gasteiger partial charge in [-0.1, -0.05) is 23.7 Å². The maximum atomic E-state index is 5.87. The molecule has 0 aliphatic rings. The lowest BCUT2D eigenvalue weighted by molar-refractivity contribution is 0.00744. The van der Waals surface area contributed by atoms with E-state index < -0.39 is 0 Å². The molecule has 0 heterocycles. The van der Waals surface area contributed by atoms with Gasteiger partial charge in [0, 0.05) is 18.2 Å². The lowest BCUT2D eigenvalue weighted by Crippen LogP contribution is -2.30. The first-order valence-electron chi connectivity index (χ1n) is 5.46. The summed E-state index contributed by atoms with van der Waals surface area (Å²) in [5.41, 5.74) is 1.10. The van der Waals surface area contributed by atoms with Crippen LogP contribution in [0.1, 0.15) is 31.9 Å². The van der Waals surface area contributed by atoms with E-state index in [0.29, 0.717) is 0 Å². The van der Waals surface area contributed by atoms with Crippen LogP contribution in [0, 0.1) is 0 Å². The van der Waals surface area contributed by atoms with Crippen molar-refractivity contribution < 1.29 is 4.74 Å². The molecule has 16 heavy (non-hydrogen) atoms. The van der Waals surface area contributed by atoms with Gasteiger partial charge in [0.05, 0.1) is 5.60 Å². The van der Waals surface area contributed by atoms with Crippen molar-refractivity contribution in [2.24, 2.45) is 0 Å². The molecule has 1 rings (SSSR count). The van der Waals surface area contributed by atoms with Gasteiger partial charge >= 0.3 is 0 Å². The molecule has 0 aliphatic carbocycles. The Hall–Kier alpha value is -0.570. The largest absolute Gasteiger partial charge is 0.379 e. The van der Waals surface area contributed by atoms with Crippen molar-refractivity contribution in [3.8, 4) is 0 Å². The topological polar surface area (TPSA) is 21.3 Å². The Morgan fingerprint density at radius 1 is 1.31 bits per heavy atom. The third-order valence-corrected chi connectivity index (χ3v) is 3.12. The zero-order valence-corrected chi connectivity index (χ0v) is 11.1. The first-order valence-corrected chi connectivity index (χ1v) is 5.84. The fourth-order valence-electron chi connectivity index (χ4n) is 1.66. The lowest BCUT2D eigenvalue weighted by atomic mass is 9.94. The number of hydrogen-bond acceptors (Lipinski definition) is 2. The molecule has 0 amide bonds. The SMILES string of the molecule is CNC(CC(C)(C)OC)c1ccc(Cl)cc1. The van der Waals surface area contributed by atoms with Gasteiger partial charge in [0.15, 0.2) is 0 Å².